The Kier molecular flexibility index (Phi) is 5.61. The summed E-state index contributed by atoms with van der Waals surface area (Å²) in [5.74, 6) is 0.865. The number of carbonyl (C=O) groups excluding carboxylic acids is 1. The first-order valence-electron chi connectivity index (χ1n) is 8.44. The van der Waals surface area contributed by atoms with Gasteiger partial charge in [-0.05, 0) is 31.5 Å². The second-order valence-electron chi connectivity index (χ2n) is 5.97. The van der Waals surface area contributed by atoms with E-state index in [0.717, 1.165) is 22.9 Å². The molecule has 1 aliphatic heterocycles. The zero-order valence-electron chi connectivity index (χ0n) is 15.0. The number of benzene rings is 1. The molecule has 138 valence electrons. The number of allylic oxidation sites excluding steroid dienone is 1. The van der Waals surface area contributed by atoms with Crippen LogP contribution in [0.2, 0.25) is 0 Å². The number of fused-ring (bicyclic) bond motifs is 1. The number of methoxy groups -OCH3 is 1. The van der Waals surface area contributed by atoms with Gasteiger partial charge in [-0.25, -0.2) is 9.48 Å². The van der Waals surface area contributed by atoms with Crippen LogP contribution in [-0.4, -0.2) is 34.5 Å². The minimum absolute atomic E-state index is 0.364. The van der Waals surface area contributed by atoms with Crippen molar-refractivity contribution in [2.24, 2.45) is 0 Å². The van der Waals surface area contributed by atoms with Crippen molar-refractivity contribution in [2.45, 2.75) is 32.7 Å². The van der Waals surface area contributed by atoms with Gasteiger partial charge in [0.05, 0.1) is 19.3 Å². The maximum Gasteiger partial charge on any atom is 0.338 e. The molecule has 26 heavy (non-hydrogen) atoms. The lowest BCUT2D eigenvalue weighted by Crippen LogP contribution is -2.30. The van der Waals surface area contributed by atoms with Gasteiger partial charge in [-0.15, -0.1) is 0 Å². The van der Waals surface area contributed by atoms with Crippen LogP contribution in [0.25, 0.3) is 0 Å². The number of rotatable bonds is 6. The molecular formula is C18H21BrN4O3. The number of esters is 1. The Labute approximate surface area is 160 Å². The topological polar surface area (TPSA) is 78.3 Å². The Bertz CT molecular complexity index is 847. The van der Waals surface area contributed by atoms with E-state index in [0.29, 0.717) is 29.6 Å². The standard InChI is InChI=1S/C18H21BrN4O3/c1-4-5-8-26-17(24)15-11(2)22-18-20-10-21-23(18)16(15)13-9-12(19)6-7-14(13)25-3/h6-7,9-10,16H,4-5,8H2,1-3H3,(H,20,21,22)/t16-/m0/s1. The lowest BCUT2D eigenvalue weighted by Gasteiger charge is -2.29. The second kappa shape index (κ2) is 7.90. The highest BCUT2D eigenvalue weighted by Crippen LogP contribution is 2.40. The second-order valence-corrected chi connectivity index (χ2v) is 6.89. The van der Waals surface area contributed by atoms with Crippen LogP contribution < -0.4 is 10.1 Å². The van der Waals surface area contributed by atoms with Crippen LogP contribution in [0.15, 0.2) is 40.3 Å². The minimum Gasteiger partial charge on any atom is -0.496 e. The van der Waals surface area contributed by atoms with Gasteiger partial charge in [0, 0.05) is 15.7 Å². The molecule has 0 fully saturated rings. The van der Waals surface area contributed by atoms with E-state index in [1.165, 1.54) is 6.33 Å². The van der Waals surface area contributed by atoms with E-state index in [9.17, 15) is 4.79 Å². The van der Waals surface area contributed by atoms with Crippen LogP contribution in [0.3, 0.4) is 0 Å². The molecule has 3 rings (SSSR count). The Morgan fingerprint density at radius 3 is 2.96 bits per heavy atom. The maximum absolute atomic E-state index is 12.8. The van der Waals surface area contributed by atoms with E-state index in [2.05, 4.69) is 38.3 Å². The quantitative estimate of drug-likeness (QED) is 0.567. The molecule has 1 atom stereocenters. The predicted molar refractivity (Wildman–Crippen MR) is 101 cm³/mol. The van der Waals surface area contributed by atoms with Crippen molar-refractivity contribution in [1.29, 1.82) is 0 Å². The predicted octanol–water partition coefficient (Wildman–Crippen LogP) is 3.68. The molecule has 2 heterocycles. The molecule has 2 aromatic rings. The van der Waals surface area contributed by atoms with Gasteiger partial charge >= 0.3 is 5.97 Å². The van der Waals surface area contributed by atoms with E-state index < -0.39 is 6.04 Å². The summed E-state index contributed by atoms with van der Waals surface area (Å²) in [6.45, 7) is 4.28. The molecule has 8 heteroatoms. The van der Waals surface area contributed by atoms with Crippen molar-refractivity contribution in [3.63, 3.8) is 0 Å². The van der Waals surface area contributed by atoms with Crippen molar-refractivity contribution in [3.05, 3.63) is 45.8 Å². The summed E-state index contributed by atoms with van der Waals surface area (Å²) in [4.78, 5) is 17.1. The van der Waals surface area contributed by atoms with Crippen molar-refractivity contribution in [2.75, 3.05) is 19.0 Å². The molecule has 0 aliphatic carbocycles. The van der Waals surface area contributed by atoms with Crippen molar-refractivity contribution >= 4 is 27.8 Å². The molecule has 0 spiro atoms. The lowest BCUT2D eigenvalue weighted by molar-refractivity contribution is -0.139. The summed E-state index contributed by atoms with van der Waals surface area (Å²) in [6, 6.07) is 5.18. The largest absolute Gasteiger partial charge is 0.496 e. The molecule has 7 nitrogen and oxygen atoms in total. The number of nitrogens with one attached hydrogen (secondary N) is 1. The molecule has 0 saturated heterocycles. The monoisotopic (exact) mass is 420 g/mol. The number of hydrogen-bond acceptors (Lipinski definition) is 6. The van der Waals surface area contributed by atoms with Gasteiger partial charge in [-0.1, -0.05) is 29.3 Å². The number of hydrogen-bond donors (Lipinski definition) is 1. The summed E-state index contributed by atoms with van der Waals surface area (Å²) >= 11 is 3.50. The maximum atomic E-state index is 12.8. The van der Waals surface area contributed by atoms with Crippen molar-refractivity contribution < 1.29 is 14.3 Å². The van der Waals surface area contributed by atoms with Crippen LogP contribution in [0.4, 0.5) is 5.95 Å². The Hall–Kier alpha value is -2.35. The summed E-state index contributed by atoms with van der Waals surface area (Å²) in [6.07, 6.45) is 3.24. The number of unbranched alkanes of at least 4 members (excludes halogenated alkanes) is 1. The van der Waals surface area contributed by atoms with Gasteiger partial charge in [0.1, 0.15) is 18.1 Å². The van der Waals surface area contributed by atoms with Crippen LogP contribution in [0.1, 0.15) is 38.3 Å². The van der Waals surface area contributed by atoms with Gasteiger partial charge in [0.25, 0.3) is 0 Å². The molecule has 0 unspecified atom stereocenters. The highest BCUT2D eigenvalue weighted by atomic mass is 79.9. The van der Waals surface area contributed by atoms with Crippen LogP contribution in [-0.2, 0) is 9.53 Å². The fourth-order valence-corrected chi connectivity index (χ4v) is 3.33. The third-order valence-electron chi connectivity index (χ3n) is 4.23. The van der Waals surface area contributed by atoms with Crippen LogP contribution in [0.5, 0.6) is 5.75 Å². The summed E-state index contributed by atoms with van der Waals surface area (Å²) < 4.78 is 13.6. The molecule has 0 saturated carbocycles. The minimum atomic E-state index is -0.490. The van der Waals surface area contributed by atoms with Gasteiger partial charge in [0.2, 0.25) is 5.95 Å². The number of carbonyl (C=O) groups is 1. The SMILES string of the molecule is CCCCOC(=O)C1=C(C)Nc2ncnn2[C@H]1c1cc(Br)ccc1OC. The highest BCUT2D eigenvalue weighted by Gasteiger charge is 2.36. The third kappa shape index (κ3) is 3.46. The smallest absolute Gasteiger partial charge is 0.338 e. The molecule has 1 N–H and O–H groups in total. The Morgan fingerprint density at radius 2 is 2.23 bits per heavy atom. The highest BCUT2D eigenvalue weighted by molar-refractivity contribution is 9.10. The van der Waals surface area contributed by atoms with Crippen LogP contribution in [0, 0.1) is 0 Å². The van der Waals surface area contributed by atoms with Crippen molar-refractivity contribution in [3.8, 4) is 5.75 Å². The van der Waals surface area contributed by atoms with Gasteiger partial charge in [-0.3, -0.25) is 0 Å². The Morgan fingerprint density at radius 1 is 1.42 bits per heavy atom. The average Bonchev–Trinajstić information content (AvgIpc) is 3.08. The van der Waals surface area contributed by atoms with Crippen molar-refractivity contribution in [1.82, 2.24) is 14.8 Å². The molecule has 0 radical (unpaired) electrons. The summed E-state index contributed by atoms with van der Waals surface area (Å²) in [7, 11) is 1.60. The van der Waals surface area contributed by atoms with E-state index in [-0.39, 0.29) is 5.97 Å². The first-order valence-corrected chi connectivity index (χ1v) is 9.24. The number of halogens is 1. The zero-order chi connectivity index (χ0) is 18.7. The normalized spacial score (nSPS) is 16.1. The molecule has 0 bridgehead atoms. The van der Waals surface area contributed by atoms with Gasteiger partial charge in [-0.2, -0.15) is 10.1 Å². The average molecular weight is 421 g/mol. The van der Waals surface area contributed by atoms with E-state index in [1.807, 2.05) is 25.1 Å². The third-order valence-corrected chi connectivity index (χ3v) is 4.72. The molecule has 1 aromatic carbocycles. The molecule has 1 aromatic heterocycles. The molecule has 0 amide bonds. The van der Waals surface area contributed by atoms with E-state index in [1.54, 1.807) is 11.8 Å². The van der Waals surface area contributed by atoms with Gasteiger partial charge in [0.15, 0.2) is 0 Å². The number of nitrogens with zero attached hydrogens (tertiary/aromatic N) is 3. The summed E-state index contributed by atoms with van der Waals surface area (Å²) in [5, 5.41) is 7.44. The summed E-state index contributed by atoms with van der Waals surface area (Å²) in [5.41, 5.74) is 1.99. The zero-order valence-corrected chi connectivity index (χ0v) is 16.5. The van der Waals surface area contributed by atoms with Crippen LogP contribution >= 0.6 is 15.9 Å². The molecule has 1 aliphatic rings. The first kappa shape index (κ1) is 18.4. The fraction of sp³-hybridized carbons (Fsp3) is 0.389. The Balaban J connectivity index is 2.09. The molecular weight excluding hydrogens is 400 g/mol. The lowest BCUT2D eigenvalue weighted by atomic mass is 9.95. The number of ether oxygens (including phenoxy) is 2. The fourth-order valence-electron chi connectivity index (χ4n) is 2.95. The first-order chi connectivity index (χ1) is 12.6. The van der Waals surface area contributed by atoms with E-state index >= 15 is 0 Å². The van der Waals surface area contributed by atoms with E-state index in [4.69, 9.17) is 9.47 Å². The van der Waals surface area contributed by atoms with Gasteiger partial charge < -0.3 is 14.8 Å². The number of anilines is 1. The number of aromatic nitrogens is 3.